The summed E-state index contributed by atoms with van der Waals surface area (Å²) >= 11 is 0. The minimum absolute atomic E-state index is 0.231. The van der Waals surface area contributed by atoms with Gasteiger partial charge in [0.1, 0.15) is 0 Å². The first-order valence-electron chi connectivity index (χ1n) is 8.23. The molecule has 0 spiro atoms. The van der Waals surface area contributed by atoms with E-state index in [0.717, 1.165) is 58.7 Å². The van der Waals surface area contributed by atoms with Gasteiger partial charge in [0.25, 0.3) is 0 Å². The van der Waals surface area contributed by atoms with Crippen LogP contribution in [0.5, 0.6) is 0 Å². The van der Waals surface area contributed by atoms with Crippen molar-refractivity contribution in [3.63, 3.8) is 0 Å². The highest BCUT2D eigenvalue weighted by molar-refractivity contribution is 5.74. The van der Waals surface area contributed by atoms with E-state index in [2.05, 4.69) is 16.7 Å². The summed E-state index contributed by atoms with van der Waals surface area (Å²) in [6.07, 6.45) is 2.37. The van der Waals surface area contributed by atoms with E-state index in [1.165, 1.54) is 0 Å². The highest BCUT2D eigenvalue weighted by Gasteiger charge is 2.39. The molecule has 2 aliphatic heterocycles. The first kappa shape index (κ1) is 16.7. The molecule has 2 fully saturated rings. The van der Waals surface area contributed by atoms with E-state index >= 15 is 0 Å². The van der Waals surface area contributed by atoms with E-state index in [4.69, 9.17) is 4.74 Å². The summed E-state index contributed by atoms with van der Waals surface area (Å²) < 4.78 is 5.88. The summed E-state index contributed by atoms with van der Waals surface area (Å²) in [5.74, 6) is -0.449. The molecule has 2 saturated heterocycles. The molecule has 2 heterocycles. The lowest BCUT2D eigenvalue weighted by Gasteiger charge is -2.41. The van der Waals surface area contributed by atoms with E-state index in [9.17, 15) is 9.90 Å². The average molecular weight is 298 g/mol. The summed E-state index contributed by atoms with van der Waals surface area (Å²) in [5.41, 5.74) is -0.637. The number of rotatable bonds is 5. The van der Waals surface area contributed by atoms with E-state index < -0.39 is 11.4 Å². The third kappa shape index (κ3) is 4.18. The third-order valence-corrected chi connectivity index (χ3v) is 5.21. The Morgan fingerprint density at radius 3 is 2.71 bits per heavy atom. The van der Waals surface area contributed by atoms with Crippen LogP contribution < -0.4 is 0 Å². The zero-order chi connectivity index (χ0) is 15.5. The second-order valence-corrected chi connectivity index (χ2v) is 7.01. The van der Waals surface area contributed by atoms with Gasteiger partial charge in [-0.2, -0.15) is 0 Å². The van der Waals surface area contributed by atoms with Crippen LogP contribution in [0.3, 0.4) is 0 Å². The van der Waals surface area contributed by atoms with Crippen LogP contribution in [-0.4, -0.2) is 72.9 Å². The molecular weight excluding hydrogens is 268 g/mol. The monoisotopic (exact) mass is 298 g/mol. The van der Waals surface area contributed by atoms with Crippen molar-refractivity contribution >= 4 is 5.97 Å². The molecule has 0 saturated carbocycles. The van der Waals surface area contributed by atoms with Crippen molar-refractivity contribution in [2.45, 2.75) is 39.7 Å². The number of carboxylic acid groups (broad SMARTS) is 1. The second-order valence-electron chi connectivity index (χ2n) is 7.01. The van der Waals surface area contributed by atoms with Gasteiger partial charge in [0.15, 0.2) is 0 Å². The molecule has 0 amide bonds. The standard InChI is InChI=1S/C16H30N2O3/c1-4-17-8-9-21-14(11-17)12-18-7-5-6-13(10-18)16(2,3)15(19)20/h13-14H,4-12H2,1-3H3,(H,19,20). The van der Waals surface area contributed by atoms with Crippen LogP contribution in [-0.2, 0) is 9.53 Å². The zero-order valence-corrected chi connectivity index (χ0v) is 13.7. The molecule has 5 nitrogen and oxygen atoms in total. The number of ether oxygens (including phenoxy) is 1. The van der Waals surface area contributed by atoms with Crippen molar-refractivity contribution in [3.05, 3.63) is 0 Å². The molecule has 5 heteroatoms. The first-order valence-corrected chi connectivity index (χ1v) is 8.23. The van der Waals surface area contributed by atoms with Gasteiger partial charge in [0, 0.05) is 26.2 Å². The van der Waals surface area contributed by atoms with Gasteiger partial charge in [-0.25, -0.2) is 0 Å². The van der Waals surface area contributed by atoms with Crippen molar-refractivity contribution in [2.75, 3.05) is 45.9 Å². The minimum atomic E-state index is -0.680. The van der Waals surface area contributed by atoms with Crippen molar-refractivity contribution in [3.8, 4) is 0 Å². The van der Waals surface area contributed by atoms with Crippen LogP contribution in [0.15, 0.2) is 0 Å². The van der Waals surface area contributed by atoms with Gasteiger partial charge in [-0.05, 0) is 45.7 Å². The number of likely N-dealkylation sites (tertiary alicyclic amines) is 1. The maximum Gasteiger partial charge on any atom is 0.309 e. The van der Waals surface area contributed by atoms with Gasteiger partial charge < -0.3 is 14.7 Å². The normalized spacial score (nSPS) is 29.5. The molecule has 2 rings (SSSR count). The lowest BCUT2D eigenvalue weighted by atomic mass is 9.74. The Kier molecular flexibility index (Phi) is 5.63. The molecule has 0 bridgehead atoms. The van der Waals surface area contributed by atoms with Gasteiger partial charge in [-0.1, -0.05) is 6.92 Å². The molecule has 2 aliphatic rings. The fourth-order valence-electron chi connectivity index (χ4n) is 3.45. The van der Waals surface area contributed by atoms with Crippen LogP contribution in [0.25, 0.3) is 0 Å². The quantitative estimate of drug-likeness (QED) is 0.834. The Morgan fingerprint density at radius 2 is 2.05 bits per heavy atom. The molecular formula is C16H30N2O3. The van der Waals surface area contributed by atoms with E-state index in [1.807, 2.05) is 13.8 Å². The number of piperidine rings is 1. The second kappa shape index (κ2) is 7.07. The lowest BCUT2D eigenvalue weighted by molar-refractivity contribution is -0.151. The number of nitrogens with zero attached hydrogens (tertiary/aromatic N) is 2. The predicted molar refractivity (Wildman–Crippen MR) is 82.4 cm³/mol. The van der Waals surface area contributed by atoms with Gasteiger partial charge in [-0.3, -0.25) is 9.69 Å². The maximum absolute atomic E-state index is 11.4. The molecule has 1 N–H and O–H groups in total. The largest absolute Gasteiger partial charge is 0.481 e. The fourth-order valence-corrected chi connectivity index (χ4v) is 3.45. The molecule has 0 aromatic carbocycles. The summed E-state index contributed by atoms with van der Waals surface area (Å²) in [4.78, 5) is 16.3. The highest BCUT2D eigenvalue weighted by atomic mass is 16.5. The Morgan fingerprint density at radius 1 is 1.29 bits per heavy atom. The van der Waals surface area contributed by atoms with Gasteiger partial charge in [0.05, 0.1) is 18.1 Å². The SMILES string of the molecule is CCN1CCOC(CN2CCCC(C(C)(C)C(=O)O)C2)C1. The summed E-state index contributed by atoms with van der Waals surface area (Å²) in [7, 11) is 0. The molecule has 0 aliphatic carbocycles. The molecule has 2 atom stereocenters. The minimum Gasteiger partial charge on any atom is -0.481 e. The van der Waals surface area contributed by atoms with Crippen LogP contribution in [0.4, 0.5) is 0 Å². The molecule has 2 unspecified atom stereocenters. The van der Waals surface area contributed by atoms with Gasteiger partial charge in [0.2, 0.25) is 0 Å². The summed E-state index contributed by atoms with van der Waals surface area (Å²) in [6, 6.07) is 0. The number of carbonyl (C=O) groups is 1. The number of likely N-dealkylation sites (N-methyl/N-ethyl adjacent to an activating group) is 1. The Bertz CT molecular complexity index is 359. The molecule has 0 aromatic rings. The first-order chi connectivity index (χ1) is 9.93. The number of hydrogen-bond acceptors (Lipinski definition) is 4. The molecule has 0 aromatic heterocycles. The smallest absolute Gasteiger partial charge is 0.309 e. The number of hydrogen-bond donors (Lipinski definition) is 1. The van der Waals surface area contributed by atoms with Crippen LogP contribution >= 0.6 is 0 Å². The topological polar surface area (TPSA) is 53.0 Å². The predicted octanol–water partition coefficient (Wildman–Crippen LogP) is 1.53. The highest BCUT2D eigenvalue weighted by Crippen LogP contribution is 2.34. The van der Waals surface area contributed by atoms with Crippen molar-refractivity contribution < 1.29 is 14.6 Å². The number of morpholine rings is 1. The lowest BCUT2D eigenvalue weighted by Crippen LogP contribution is -2.51. The van der Waals surface area contributed by atoms with E-state index in [-0.39, 0.29) is 12.0 Å². The summed E-state index contributed by atoms with van der Waals surface area (Å²) in [5, 5.41) is 9.42. The fraction of sp³-hybridized carbons (Fsp3) is 0.938. The summed E-state index contributed by atoms with van der Waals surface area (Å²) in [6.45, 7) is 12.7. The van der Waals surface area contributed by atoms with Gasteiger partial charge in [-0.15, -0.1) is 0 Å². The zero-order valence-electron chi connectivity index (χ0n) is 13.7. The Balaban J connectivity index is 1.88. The third-order valence-electron chi connectivity index (χ3n) is 5.21. The van der Waals surface area contributed by atoms with Gasteiger partial charge >= 0.3 is 5.97 Å². The van der Waals surface area contributed by atoms with E-state index in [1.54, 1.807) is 0 Å². The average Bonchev–Trinajstić information content (AvgIpc) is 2.47. The van der Waals surface area contributed by atoms with Crippen LogP contribution in [0.2, 0.25) is 0 Å². The van der Waals surface area contributed by atoms with E-state index in [0.29, 0.717) is 0 Å². The van der Waals surface area contributed by atoms with Crippen LogP contribution in [0, 0.1) is 11.3 Å². The van der Waals surface area contributed by atoms with Crippen molar-refractivity contribution in [1.29, 1.82) is 0 Å². The van der Waals surface area contributed by atoms with Crippen molar-refractivity contribution in [1.82, 2.24) is 9.80 Å². The maximum atomic E-state index is 11.4. The van der Waals surface area contributed by atoms with Crippen molar-refractivity contribution in [2.24, 2.45) is 11.3 Å². The Hall–Kier alpha value is -0.650. The molecule has 0 radical (unpaired) electrons. The van der Waals surface area contributed by atoms with Crippen LogP contribution in [0.1, 0.15) is 33.6 Å². The molecule has 122 valence electrons. The number of aliphatic carboxylic acids is 1. The number of carboxylic acids is 1. The molecule has 21 heavy (non-hydrogen) atoms. The Labute approximate surface area is 128 Å².